The summed E-state index contributed by atoms with van der Waals surface area (Å²) < 4.78 is 17.8. The number of fused-ring (bicyclic) bond motifs is 1. The van der Waals surface area contributed by atoms with Gasteiger partial charge >= 0.3 is 0 Å². The molecule has 0 N–H and O–H groups in total. The maximum atomic E-state index is 13.4. The fourth-order valence-electron chi connectivity index (χ4n) is 4.99. The minimum atomic E-state index is -0.978. The summed E-state index contributed by atoms with van der Waals surface area (Å²) in [5, 5.41) is 5.60. The van der Waals surface area contributed by atoms with Gasteiger partial charge in [-0.25, -0.2) is 0 Å². The number of halogens is 1. The van der Waals surface area contributed by atoms with E-state index in [0.717, 1.165) is 24.0 Å². The number of likely N-dealkylation sites (N-methyl/N-ethyl adjacent to an activating group) is 1. The number of aryl methyl sites for hydroxylation is 1. The van der Waals surface area contributed by atoms with Gasteiger partial charge in [0.2, 0.25) is 11.8 Å². The van der Waals surface area contributed by atoms with Crippen molar-refractivity contribution in [2.75, 3.05) is 59.5 Å². The second-order valence-corrected chi connectivity index (χ2v) is 10.6. The molecular formula is C28H33ClN4O5. The maximum absolute atomic E-state index is 13.4. The number of benzene rings is 2. The molecule has 38 heavy (non-hydrogen) atoms. The molecule has 0 bridgehead atoms. The number of ether oxygens (including phenoxy) is 2. The summed E-state index contributed by atoms with van der Waals surface area (Å²) in [6.45, 7) is 6.02. The zero-order valence-electron chi connectivity index (χ0n) is 21.8. The number of morpholine rings is 1. The average Bonchev–Trinajstić information content (AvgIpc) is 3.32. The molecule has 2 amide bonds. The molecular weight excluding hydrogens is 508 g/mol. The standard InChI is InChI=1S/C28H33ClN4O5/c1-20-15-21(7-8-23(20)29)36-19-28(17-27(35)32-11-9-31(2)10-12-32)18-33(13-14-37-28)26(34)16-24-22-5-3-4-6-25(22)38-30-24/h3-8,15H,9-14,16-19H2,1-2H3/t28-/m0/s1. The highest BCUT2D eigenvalue weighted by atomic mass is 35.5. The Bertz CT molecular complexity index is 1310. The maximum Gasteiger partial charge on any atom is 0.228 e. The van der Waals surface area contributed by atoms with Gasteiger partial charge in [-0.2, -0.15) is 0 Å². The van der Waals surface area contributed by atoms with Gasteiger partial charge in [0.25, 0.3) is 0 Å². The molecule has 1 atom stereocenters. The first-order chi connectivity index (χ1) is 18.3. The predicted octanol–water partition coefficient (Wildman–Crippen LogP) is 3.17. The Hall–Kier alpha value is -3.14. The highest BCUT2D eigenvalue weighted by Gasteiger charge is 2.42. The third-order valence-corrected chi connectivity index (χ3v) is 7.76. The number of aromatic nitrogens is 1. The highest BCUT2D eigenvalue weighted by molar-refractivity contribution is 6.31. The lowest BCUT2D eigenvalue weighted by Crippen LogP contribution is -2.59. The van der Waals surface area contributed by atoms with Gasteiger partial charge in [0.05, 0.1) is 26.0 Å². The Morgan fingerprint density at radius 3 is 2.63 bits per heavy atom. The number of carbonyl (C=O) groups is 2. The molecule has 2 saturated heterocycles. The van der Waals surface area contributed by atoms with E-state index in [-0.39, 0.29) is 37.8 Å². The molecule has 2 fully saturated rings. The fraction of sp³-hybridized carbons (Fsp3) is 0.464. The Labute approximate surface area is 227 Å². The molecule has 2 aliphatic rings. The number of para-hydroxylation sites is 1. The van der Waals surface area contributed by atoms with E-state index in [2.05, 4.69) is 17.1 Å². The molecule has 0 radical (unpaired) electrons. The molecule has 3 heterocycles. The van der Waals surface area contributed by atoms with E-state index < -0.39 is 5.60 Å². The number of piperazine rings is 1. The van der Waals surface area contributed by atoms with Crippen LogP contribution in [0.1, 0.15) is 17.7 Å². The van der Waals surface area contributed by atoms with Crippen LogP contribution in [0.4, 0.5) is 0 Å². The normalized spacial score (nSPS) is 20.6. The number of nitrogens with zero attached hydrogens (tertiary/aromatic N) is 4. The first kappa shape index (κ1) is 26.5. The van der Waals surface area contributed by atoms with E-state index in [9.17, 15) is 9.59 Å². The van der Waals surface area contributed by atoms with Crippen molar-refractivity contribution in [3.05, 3.63) is 58.7 Å². The Kier molecular flexibility index (Phi) is 7.88. The summed E-state index contributed by atoms with van der Waals surface area (Å²) in [6.07, 6.45) is 0.233. The van der Waals surface area contributed by atoms with Crippen LogP contribution >= 0.6 is 11.6 Å². The van der Waals surface area contributed by atoms with Crippen LogP contribution in [0.25, 0.3) is 11.0 Å². The average molecular weight is 541 g/mol. The number of hydrogen-bond acceptors (Lipinski definition) is 7. The van der Waals surface area contributed by atoms with Gasteiger partial charge in [0, 0.05) is 43.1 Å². The van der Waals surface area contributed by atoms with Gasteiger partial charge in [0.1, 0.15) is 23.7 Å². The van der Waals surface area contributed by atoms with Crippen molar-refractivity contribution in [3.8, 4) is 5.75 Å². The van der Waals surface area contributed by atoms with Crippen molar-refractivity contribution < 1.29 is 23.6 Å². The van der Waals surface area contributed by atoms with Crippen LogP contribution in [-0.4, -0.2) is 96.8 Å². The van der Waals surface area contributed by atoms with Gasteiger partial charge in [-0.3, -0.25) is 9.59 Å². The van der Waals surface area contributed by atoms with E-state index in [1.165, 1.54) is 0 Å². The number of amides is 2. The van der Waals surface area contributed by atoms with Gasteiger partial charge in [0.15, 0.2) is 5.58 Å². The van der Waals surface area contributed by atoms with Crippen LogP contribution in [0.15, 0.2) is 47.0 Å². The number of rotatable bonds is 7. The lowest BCUT2D eigenvalue weighted by Gasteiger charge is -2.43. The minimum absolute atomic E-state index is 0.00535. The Balaban J connectivity index is 1.33. The largest absolute Gasteiger partial charge is 0.490 e. The van der Waals surface area contributed by atoms with E-state index >= 15 is 0 Å². The molecule has 0 saturated carbocycles. The van der Waals surface area contributed by atoms with E-state index in [1.54, 1.807) is 17.0 Å². The Morgan fingerprint density at radius 1 is 1.05 bits per heavy atom. The van der Waals surface area contributed by atoms with Crippen molar-refractivity contribution in [1.29, 1.82) is 0 Å². The topological polar surface area (TPSA) is 88.4 Å². The van der Waals surface area contributed by atoms with E-state index in [1.807, 2.05) is 42.2 Å². The monoisotopic (exact) mass is 540 g/mol. The SMILES string of the molecule is Cc1cc(OC[C@]2(CC(=O)N3CCN(C)CC3)CN(C(=O)Cc3noc4ccccc34)CCO2)ccc1Cl. The zero-order valence-corrected chi connectivity index (χ0v) is 22.6. The van der Waals surface area contributed by atoms with Crippen LogP contribution in [0.5, 0.6) is 5.75 Å². The lowest BCUT2D eigenvalue weighted by atomic mass is 9.96. The van der Waals surface area contributed by atoms with Gasteiger partial charge in [-0.1, -0.05) is 28.9 Å². The van der Waals surface area contributed by atoms with Crippen molar-refractivity contribution >= 4 is 34.4 Å². The molecule has 0 aliphatic carbocycles. The van der Waals surface area contributed by atoms with Gasteiger partial charge in [-0.15, -0.1) is 0 Å². The summed E-state index contributed by atoms with van der Waals surface area (Å²) >= 11 is 6.18. The minimum Gasteiger partial charge on any atom is -0.490 e. The second kappa shape index (κ2) is 11.3. The molecule has 1 aromatic heterocycles. The van der Waals surface area contributed by atoms with Crippen LogP contribution in [0.2, 0.25) is 5.02 Å². The predicted molar refractivity (Wildman–Crippen MR) is 143 cm³/mol. The number of carbonyl (C=O) groups excluding carboxylic acids is 2. The summed E-state index contributed by atoms with van der Waals surface area (Å²) in [4.78, 5) is 32.6. The Morgan fingerprint density at radius 2 is 1.84 bits per heavy atom. The summed E-state index contributed by atoms with van der Waals surface area (Å²) in [6, 6.07) is 12.9. The van der Waals surface area contributed by atoms with Crippen molar-refractivity contribution in [2.45, 2.75) is 25.4 Å². The fourth-order valence-corrected chi connectivity index (χ4v) is 5.11. The first-order valence-corrected chi connectivity index (χ1v) is 13.3. The van der Waals surface area contributed by atoms with Crippen LogP contribution in [-0.2, 0) is 20.7 Å². The summed E-state index contributed by atoms with van der Waals surface area (Å²) in [5.41, 5.74) is 1.17. The third-order valence-electron chi connectivity index (χ3n) is 7.33. The molecule has 3 aromatic rings. The second-order valence-electron chi connectivity index (χ2n) is 10.2. The van der Waals surface area contributed by atoms with E-state index in [4.69, 9.17) is 25.6 Å². The molecule has 0 spiro atoms. The van der Waals surface area contributed by atoms with Crippen molar-refractivity contribution in [2.24, 2.45) is 0 Å². The lowest BCUT2D eigenvalue weighted by molar-refractivity contribution is -0.166. The van der Waals surface area contributed by atoms with Crippen molar-refractivity contribution in [1.82, 2.24) is 19.9 Å². The molecule has 2 aliphatic heterocycles. The molecule has 10 heteroatoms. The zero-order chi connectivity index (χ0) is 26.7. The highest BCUT2D eigenvalue weighted by Crippen LogP contribution is 2.28. The molecule has 2 aromatic carbocycles. The molecule has 0 unspecified atom stereocenters. The molecule has 5 rings (SSSR count). The molecule has 9 nitrogen and oxygen atoms in total. The molecule has 202 valence electrons. The first-order valence-electron chi connectivity index (χ1n) is 12.9. The van der Waals surface area contributed by atoms with E-state index in [0.29, 0.717) is 48.3 Å². The van der Waals surface area contributed by atoms with Crippen LogP contribution in [0, 0.1) is 6.92 Å². The summed E-state index contributed by atoms with van der Waals surface area (Å²) in [7, 11) is 2.05. The van der Waals surface area contributed by atoms with Gasteiger partial charge < -0.3 is 28.7 Å². The quantitative estimate of drug-likeness (QED) is 0.455. The third kappa shape index (κ3) is 5.95. The van der Waals surface area contributed by atoms with Gasteiger partial charge in [-0.05, 0) is 49.9 Å². The number of hydrogen-bond donors (Lipinski definition) is 0. The smallest absolute Gasteiger partial charge is 0.228 e. The van der Waals surface area contributed by atoms with Crippen LogP contribution in [0.3, 0.4) is 0 Å². The van der Waals surface area contributed by atoms with Crippen LogP contribution < -0.4 is 4.74 Å². The summed E-state index contributed by atoms with van der Waals surface area (Å²) in [5.74, 6) is 0.552. The van der Waals surface area contributed by atoms with Crippen molar-refractivity contribution in [3.63, 3.8) is 0 Å².